The van der Waals surface area contributed by atoms with Gasteiger partial charge in [0, 0.05) is 37.3 Å². The molecule has 0 radical (unpaired) electrons. The Morgan fingerprint density at radius 2 is 1.77 bits per heavy atom. The molecular formula is C21H21NO8. The van der Waals surface area contributed by atoms with Crippen molar-refractivity contribution in [3.8, 4) is 40.1 Å². The summed E-state index contributed by atoms with van der Waals surface area (Å²) in [5.41, 5.74) is -0.645. The van der Waals surface area contributed by atoms with Gasteiger partial charge < -0.3 is 34.3 Å². The molecule has 9 nitrogen and oxygen atoms in total. The first-order valence-electron chi connectivity index (χ1n) is 9.42. The van der Waals surface area contributed by atoms with Gasteiger partial charge >= 0.3 is 0 Å². The first-order valence-corrected chi connectivity index (χ1v) is 9.42. The third kappa shape index (κ3) is 3.85. The van der Waals surface area contributed by atoms with Crippen molar-refractivity contribution < 1.29 is 34.3 Å². The molecule has 0 bridgehead atoms. The van der Waals surface area contributed by atoms with E-state index in [1.165, 1.54) is 24.3 Å². The lowest BCUT2D eigenvalue weighted by molar-refractivity contribution is 0.0321. The minimum absolute atomic E-state index is 0.0897. The van der Waals surface area contributed by atoms with Crippen molar-refractivity contribution in [2.24, 2.45) is 0 Å². The molecular weight excluding hydrogens is 394 g/mol. The number of hydrogen-bond donors (Lipinski definition) is 4. The van der Waals surface area contributed by atoms with Crippen molar-refractivity contribution in [2.75, 3.05) is 39.5 Å². The fourth-order valence-electron chi connectivity index (χ4n) is 3.35. The summed E-state index contributed by atoms with van der Waals surface area (Å²) in [6.45, 7) is 3.95. The fraction of sp³-hybridized carbons (Fsp3) is 0.286. The molecule has 30 heavy (non-hydrogen) atoms. The highest BCUT2D eigenvalue weighted by Crippen LogP contribution is 2.38. The standard InChI is InChI=1S/C21H21NO8/c23-13-10-15(25)18-17(11-13)30-21(20(27)19(18)26)12-1-2-14(24)16(9-12)29-8-5-22-3-6-28-7-4-22/h1-2,9-11,23-25,27H,3-8H2. The van der Waals surface area contributed by atoms with E-state index in [0.717, 1.165) is 19.2 Å². The molecule has 0 aliphatic carbocycles. The Morgan fingerprint density at radius 1 is 1.00 bits per heavy atom. The van der Waals surface area contributed by atoms with Crippen LogP contribution in [0.1, 0.15) is 0 Å². The van der Waals surface area contributed by atoms with E-state index in [4.69, 9.17) is 13.9 Å². The van der Waals surface area contributed by atoms with E-state index in [0.29, 0.717) is 26.4 Å². The Kier molecular flexibility index (Phi) is 5.39. The number of morpholine rings is 1. The van der Waals surface area contributed by atoms with Crippen molar-refractivity contribution in [2.45, 2.75) is 0 Å². The summed E-state index contributed by atoms with van der Waals surface area (Å²) in [6, 6.07) is 6.42. The number of phenols is 3. The van der Waals surface area contributed by atoms with Gasteiger partial charge in [0.2, 0.25) is 11.2 Å². The molecule has 1 aliphatic rings. The lowest BCUT2D eigenvalue weighted by Gasteiger charge is -2.26. The van der Waals surface area contributed by atoms with E-state index in [9.17, 15) is 25.2 Å². The summed E-state index contributed by atoms with van der Waals surface area (Å²) < 4.78 is 16.6. The predicted molar refractivity (Wildman–Crippen MR) is 107 cm³/mol. The molecule has 0 amide bonds. The third-order valence-corrected chi connectivity index (χ3v) is 4.93. The number of rotatable bonds is 5. The lowest BCUT2D eigenvalue weighted by atomic mass is 10.1. The predicted octanol–water partition coefficient (Wildman–Crippen LogP) is 1.99. The number of fused-ring (bicyclic) bond motifs is 1. The zero-order chi connectivity index (χ0) is 21.3. The zero-order valence-corrected chi connectivity index (χ0v) is 16.0. The minimum atomic E-state index is -0.841. The number of nitrogens with zero attached hydrogens (tertiary/aromatic N) is 1. The number of benzene rings is 2. The van der Waals surface area contributed by atoms with Crippen LogP contribution in [0, 0.1) is 0 Å². The molecule has 4 N–H and O–H groups in total. The van der Waals surface area contributed by atoms with Crippen LogP contribution < -0.4 is 10.2 Å². The summed E-state index contributed by atoms with van der Waals surface area (Å²) in [4.78, 5) is 14.7. The Hall–Kier alpha value is -3.43. The van der Waals surface area contributed by atoms with Gasteiger partial charge in [-0.25, -0.2) is 0 Å². The molecule has 1 aromatic heterocycles. The molecule has 0 unspecified atom stereocenters. The molecule has 2 heterocycles. The summed E-state index contributed by atoms with van der Waals surface area (Å²) in [6.07, 6.45) is 0. The van der Waals surface area contributed by atoms with E-state index in [1.54, 1.807) is 0 Å². The fourth-order valence-corrected chi connectivity index (χ4v) is 3.35. The van der Waals surface area contributed by atoms with Crippen LogP contribution in [0.5, 0.6) is 28.7 Å². The maximum atomic E-state index is 12.5. The molecule has 0 spiro atoms. The average molecular weight is 415 g/mol. The first-order chi connectivity index (χ1) is 14.4. The molecule has 4 rings (SSSR count). The minimum Gasteiger partial charge on any atom is -0.508 e. The lowest BCUT2D eigenvalue weighted by Crippen LogP contribution is -2.38. The number of ether oxygens (including phenoxy) is 2. The van der Waals surface area contributed by atoms with Gasteiger partial charge in [0.1, 0.15) is 29.1 Å². The van der Waals surface area contributed by atoms with E-state index in [2.05, 4.69) is 4.90 Å². The van der Waals surface area contributed by atoms with Crippen LogP contribution in [-0.2, 0) is 4.74 Å². The van der Waals surface area contributed by atoms with E-state index in [-0.39, 0.29) is 39.5 Å². The van der Waals surface area contributed by atoms with Crippen LogP contribution >= 0.6 is 0 Å². The third-order valence-electron chi connectivity index (χ3n) is 4.93. The maximum absolute atomic E-state index is 12.5. The van der Waals surface area contributed by atoms with Crippen LogP contribution in [0.15, 0.2) is 39.5 Å². The monoisotopic (exact) mass is 415 g/mol. The molecule has 0 atom stereocenters. The topological polar surface area (TPSA) is 133 Å². The summed E-state index contributed by atoms with van der Waals surface area (Å²) >= 11 is 0. The van der Waals surface area contributed by atoms with Crippen molar-refractivity contribution >= 4 is 11.0 Å². The van der Waals surface area contributed by atoms with Crippen LogP contribution in [0.3, 0.4) is 0 Å². The van der Waals surface area contributed by atoms with Gasteiger partial charge in [-0.3, -0.25) is 9.69 Å². The van der Waals surface area contributed by atoms with Gasteiger partial charge in [0.15, 0.2) is 17.3 Å². The highest BCUT2D eigenvalue weighted by molar-refractivity contribution is 5.88. The second kappa shape index (κ2) is 8.13. The Morgan fingerprint density at radius 3 is 2.53 bits per heavy atom. The molecule has 0 saturated carbocycles. The largest absolute Gasteiger partial charge is 0.508 e. The molecule has 2 aromatic carbocycles. The van der Waals surface area contributed by atoms with E-state index >= 15 is 0 Å². The second-order valence-electron chi connectivity index (χ2n) is 6.93. The van der Waals surface area contributed by atoms with Gasteiger partial charge in [0.25, 0.3) is 0 Å². The smallest absolute Gasteiger partial charge is 0.238 e. The summed E-state index contributed by atoms with van der Waals surface area (Å²) in [7, 11) is 0. The summed E-state index contributed by atoms with van der Waals surface area (Å²) in [5.74, 6) is -1.60. The Labute approximate surface area is 170 Å². The normalized spacial score (nSPS) is 14.8. The Balaban J connectivity index is 1.64. The highest BCUT2D eigenvalue weighted by atomic mass is 16.5. The van der Waals surface area contributed by atoms with Crippen LogP contribution in [0.25, 0.3) is 22.3 Å². The first kappa shape index (κ1) is 19.9. The average Bonchev–Trinajstić information content (AvgIpc) is 2.72. The SMILES string of the molecule is O=c1c(O)c(-c2ccc(O)c(OCCN3CCOCC3)c2)oc2cc(O)cc(O)c12. The van der Waals surface area contributed by atoms with Crippen LogP contribution in [-0.4, -0.2) is 64.8 Å². The van der Waals surface area contributed by atoms with Crippen molar-refractivity contribution in [1.29, 1.82) is 0 Å². The van der Waals surface area contributed by atoms with Crippen molar-refractivity contribution in [3.05, 3.63) is 40.6 Å². The van der Waals surface area contributed by atoms with E-state index in [1.807, 2.05) is 0 Å². The molecule has 1 fully saturated rings. The van der Waals surface area contributed by atoms with Gasteiger partial charge in [-0.15, -0.1) is 0 Å². The molecule has 1 saturated heterocycles. The maximum Gasteiger partial charge on any atom is 0.238 e. The summed E-state index contributed by atoms with van der Waals surface area (Å²) in [5, 5.41) is 39.8. The van der Waals surface area contributed by atoms with Gasteiger partial charge in [-0.1, -0.05) is 0 Å². The van der Waals surface area contributed by atoms with Gasteiger partial charge in [0.05, 0.1) is 13.2 Å². The van der Waals surface area contributed by atoms with E-state index < -0.39 is 16.9 Å². The molecule has 158 valence electrons. The van der Waals surface area contributed by atoms with Crippen LogP contribution in [0.2, 0.25) is 0 Å². The Bertz CT molecular complexity index is 1130. The van der Waals surface area contributed by atoms with Crippen molar-refractivity contribution in [3.63, 3.8) is 0 Å². The highest BCUT2D eigenvalue weighted by Gasteiger charge is 2.20. The number of phenolic OH excluding ortho intramolecular Hbond substituents is 3. The van der Waals surface area contributed by atoms with Crippen LogP contribution in [0.4, 0.5) is 0 Å². The van der Waals surface area contributed by atoms with Gasteiger partial charge in [-0.05, 0) is 18.2 Å². The number of aromatic hydroxyl groups is 4. The quantitative estimate of drug-likeness (QED) is 0.494. The molecule has 3 aromatic rings. The van der Waals surface area contributed by atoms with Crippen molar-refractivity contribution in [1.82, 2.24) is 4.90 Å². The zero-order valence-electron chi connectivity index (χ0n) is 16.0. The van der Waals surface area contributed by atoms with Gasteiger partial charge in [-0.2, -0.15) is 0 Å². The molecule has 1 aliphatic heterocycles. The second-order valence-corrected chi connectivity index (χ2v) is 6.93. The number of hydrogen-bond acceptors (Lipinski definition) is 9. The molecule has 9 heteroatoms.